The summed E-state index contributed by atoms with van der Waals surface area (Å²) in [5, 5.41) is 10.9. The number of pyridine rings is 1. The van der Waals surface area contributed by atoms with Gasteiger partial charge in [0.1, 0.15) is 23.9 Å². The Bertz CT molecular complexity index is 1270. The number of rotatable bonds is 8. The molecular weight excluding hydrogens is 454 g/mol. The summed E-state index contributed by atoms with van der Waals surface area (Å²) < 4.78 is 18.2. The van der Waals surface area contributed by atoms with Crippen LogP contribution in [0.25, 0.3) is 20.7 Å². The van der Waals surface area contributed by atoms with Crippen LogP contribution in [0.5, 0.6) is 17.2 Å². The zero-order valence-corrected chi connectivity index (χ0v) is 19.2. The zero-order chi connectivity index (χ0) is 23.3. The largest absolute Gasteiger partial charge is 0.492 e. The van der Waals surface area contributed by atoms with E-state index in [9.17, 15) is 10.1 Å². The van der Waals surface area contributed by atoms with Crippen molar-refractivity contribution in [3.8, 4) is 27.7 Å². The third kappa shape index (κ3) is 5.17. The fourth-order valence-electron chi connectivity index (χ4n) is 3.73. The van der Waals surface area contributed by atoms with Gasteiger partial charge in [0.2, 0.25) is 0 Å². The van der Waals surface area contributed by atoms with Gasteiger partial charge < -0.3 is 14.2 Å². The molecule has 0 radical (unpaired) electrons. The molecule has 9 heteroatoms. The number of fused-ring (bicyclic) bond motifs is 1. The van der Waals surface area contributed by atoms with Crippen LogP contribution in [-0.2, 0) is 4.74 Å². The predicted molar refractivity (Wildman–Crippen MR) is 131 cm³/mol. The highest BCUT2D eigenvalue weighted by Gasteiger charge is 2.13. The van der Waals surface area contributed by atoms with Crippen LogP contribution in [-0.4, -0.2) is 54.3 Å². The molecule has 0 unspecified atom stereocenters. The minimum absolute atomic E-state index is 0.0270. The SMILES string of the molecule is O=[N+]([O-])c1ccc(Oc2ccnc3cc(-c4ccc(OCCN5CCOCC5)cc4)sc23)cc1. The van der Waals surface area contributed by atoms with Gasteiger partial charge in [-0.05, 0) is 48.0 Å². The Balaban J connectivity index is 1.27. The van der Waals surface area contributed by atoms with Crippen molar-refractivity contribution in [3.63, 3.8) is 0 Å². The number of morpholine rings is 1. The summed E-state index contributed by atoms with van der Waals surface area (Å²) in [6.07, 6.45) is 1.70. The number of aromatic nitrogens is 1. The van der Waals surface area contributed by atoms with Gasteiger partial charge in [-0.2, -0.15) is 0 Å². The van der Waals surface area contributed by atoms with Crippen LogP contribution in [0.2, 0.25) is 0 Å². The van der Waals surface area contributed by atoms with Crippen molar-refractivity contribution in [3.05, 3.63) is 77.0 Å². The number of ether oxygens (including phenoxy) is 3. The second kappa shape index (κ2) is 10.2. The molecule has 1 aliphatic heterocycles. The molecule has 0 aliphatic carbocycles. The number of nitrogens with zero attached hydrogens (tertiary/aromatic N) is 3. The van der Waals surface area contributed by atoms with E-state index < -0.39 is 4.92 Å². The van der Waals surface area contributed by atoms with Crippen LogP contribution in [0.1, 0.15) is 0 Å². The third-order valence-corrected chi connectivity index (χ3v) is 6.76. The molecule has 4 aromatic rings. The second-order valence-electron chi connectivity index (χ2n) is 7.81. The number of nitro groups is 1. The molecule has 0 N–H and O–H groups in total. The maximum Gasteiger partial charge on any atom is 0.269 e. The molecule has 0 atom stereocenters. The van der Waals surface area contributed by atoms with Gasteiger partial charge in [-0.3, -0.25) is 20.0 Å². The lowest BCUT2D eigenvalue weighted by molar-refractivity contribution is -0.384. The lowest BCUT2D eigenvalue weighted by Crippen LogP contribution is -2.38. The smallest absolute Gasteiger partial charge is 0.269 e. The third-order valence-electron chi connectivity index (χ3n) is 5.57. The van der Waals surface area contributed by atoms with Crippen molar-refractivity contribution in [2.24, 2.45) is 0 Å². The average molecular weight is 478 g/mol. The fourth-order valence-corrected chi connectivity index (χ4v) is 4.80. The summed E-state index contributed by atoms with van der Waals surface area (Å²) in [5.41, 5.74) is 1.94. The fraction of sp³-hybridized carbons (Fsp3) is 0.240. The van der Waals surface area contributed by atoms with E-state index in [0.717, 1.165) is 59.3 Å². The van der Waals surface area contributed by atoms with Gasteiger partial charge in [0.25, 0.3) is 5.69 Å². The topological polar surface area (TPSA) is 87.0 Å². The van der Waals surface area contributed by atoms with E-state index in [1.165, 1.54) is 12.1 Å². The molecule has 0 saturated carbocycles. The van der Waals surface area contributed by atoms with E-state index >= 15 is 0 Å². The Morgan fingerprint density at radius 3 is 2.50 bits per heavy atom. The second-order valence-corrected chi connectivity index (χ2v) is 8.87. The minimum atomic E-state index is -0.430. The molecule has 174 valence electrons. The van der Waals surface area contributed by atoms with Crippen molar-refractivity contribution in [2.75, 3.05) is 39.5 Å². The average Bonchev–Trinajstić information content (AvgIpc) is 3.31. The molecule has 1 saturated heterocycles. The maximum atomic E-state index is 10.9. The van der Waals surface area contributed by atoms with Crippen LogP contribution < -0.4 is 9.47 Å². The normalized spacial score (nSPS) is 14.2. The molecule has 0 bridgehead atoms. The number of non-ortho nitro benzene ring substituents is 1. The van der Waals surface area contributed by atoms with Crippen LogP contribution in [0.15, 0.2) is 66.9 Å². The first-order valence-corrected chi connectivity index (χ1v) is 11.8. The first kappa shape index (κ1) is 22.3. The van der Waals surface area contributed by atoms with Crippen molar-refractivity contribution in [1.82, 2.24) is 9.88 Å². The maximum absolute atomic E-state index is 10.9. The number of nitro benzene ring substituents is 1. The monoisotopic (exact) mass is 477 g/mol. The van der Waals surface area contributed by atoms with Crippen molar-refractivity contribution >= 4 is 27.2 Å². The molecule has 1 fully saturated rings. The number of hydrogen-bond acceptors (Lipinski definition) is 8. The van der Waals surface area contributed by atoms with E-state index in [-0.39, 0.29) is 5.69 Å². The standard InChI is InChI=1S/C25H23N3O5S/c29-28(30)19-3-7-21(8-4-19)33-23-9-10-26-22-17-24(34-25(22)23)18-1-5-20(6-2-18)32-16-13-27-11-14-31-15-12-27/h1-10,17H,11-16H2. The van der Waals surface area contributed by atoms with Gasteiger partial charge in [0, 0.05) is 48.9 Å². The van der Waals surface area contributed by atoms with Gasteiger partial charge in [-0.15, -0.1) is 11.3 Å². The highest BCUT2D eigenvalue weighted by Crippen LogP contribution is 2.39. The lowest BCUT2D eigenvalue weighted by atomic mass is 10.2. The van der Waals surface area contributed by atoms with Crippen LogP contribution in [0, 0.1) is 10.1 Å². The molecule has 1 aliphatic rings. The van der Waals surface area contributed by atoms with Crippen molar-refractivity contribution in [2.45, 2.75) is 0 Å². The Hall–Kier alpha value is -3.53. The summed E-state index contributed by atoms with van der Waals surface area (Å²) in [6, 6.07) is 18.0. The molecule has 5 rings (SSSR count). The summed E-state index contributed by atoms with van der Waals surface area (Å²) >= 11 is 1.59. The molecule has 8 nitrogen and oxygen atoms in total. The molecule has 2 aromatic carbocycles. The number of benzene rings is 2. The molecule has 2 aromatic heterocycles. The molecule has 0 spiro atoms. The Labute approximate surface area is 200 Å². The Kier molecular flexibility index (Phi) is 6.66. The van der Waals surface area contributed by atoms with Gasteiger partial charge in [0.05, 0.1) is 28.4 Å². The first-order chi connectivity index (χ1) is 16.7. The van der Waals surface area contributed by atoms with Gasteiger partial charge >= 0.3 is 0 Å². The van der Waals surface area contributed by atoms with E-state index in [2.05, 4.69) is 9.88 Å². The van der Waals surface area contributed by atoms with E-state index in [1.54, 1.807) is 35.7 Å². The van der Waals surface area contributed by atoms with E-state index in [0.29, 0.717) is 18.1 Å². The van der Waals surface area contributed by atoms with Crippen molar-refractivity contribution in [1.29, 1.82) is 0 Å². The number of thiophene rings is 1. The molecule has 34 heavy (non-hydrogen) atoms. The number of hydrogen-bond donors (Lipinski definition) is 0. The summed E-state index contributed by atoms with van der Waals surface area (Å²) in [5.74, 6) is 2.04. The quantitative estimate of drug-likeness (QED) is 0.249. The molecular formula is C25H23N3O5S. The minimum Gasteiger partial charge on any atom is -0.492 e. The van der Waals surface area contributed by atoms with Gasteiger partial charge in [0.15, 0.2) is 0 Å². The van der Waals surface area contributed by atoms with E-state index in [1.807, 2.05) is 30.3 Å². The lowest BCUT2D eigenvalue weighted by Gasteiger charge is -2.26. The van der Waals surface area contributed by atoms with Crippen LogP contribution in [0.4, 0.5) is 5.69 Å². The van der Waals surface area contributed by atoms with Gasteiger partial charge in [-0.25, -0.2) is 0 Å². The Morgan fingerprint density at radius 2 is 1.76 bits per heavy atom. The van der Waals surface area contributed by atoms with Crippen molar-refractivity contribution < 1.29 is 19.1 Å². The zero-order valence-electron chi connectivity index (χ0n) is 18.4. The highest BCUT2D eigenvalue weighted by atomic mass is 32.1. The summed E-state index contributed by atoms with van der Waals surface area (Å²) in [6.45, 7) is 5.04. The summed E-state index contributed by atoms with van der Waals surface area (Å²) in [7, 11) is 0. The predicted octanol–water partition coefficient (Wildman–Crippen LogP) is 5.37. The first-order valence-electron chi connectivity index (χ1n) is 11.0. The highest BCUT2D eigenvalue weighted by molar-refractivity contribution is 7.22. The van der Waals surface area contributed by atoms with Gasteiger partial charge in [-0.1, -0.05) is 0 Å². The van der Waals surface area contributed by atoms with Crippen LogP contribution >= 0.6 is 11.3 Å². The molecule has 3 heterocycles. The van der Waals surface area contributed by atoms with E-state index in [4.69, 9.17) is 14.2 Å². The Morgan fingerprint density at radius 1 is 1.03 bits per heavy atom. The van der Waals surface area contributed by atoms with Crippen LogP contribution in [0.3, 0.4) is 0 Å². The molecule has 0 amide bonds. The summed E-state index contributed by atoms with van der Waals surface area (Å²) in [4.78, 5) is 18.3.